The van der Waals surface area contributed by atoms with Crippen molar-refractivity contribution < 1.29 is 47.2 Å². The third kappa shape index (κ3) is 8.69. The number of aliphatic hydroxyl groups is 1. The molecule has 0 saturated carbocycles. The Balaban J connectivity index is 1.26. The van der Waals surface area contributed by atoms with Gasteiger partial charge in [0.05, 0.1) is 36.3 Å². The van der Waals surface area contributed by atoms with Crippen LogP contribution in [-0.4, -0.2) is 104 Å². The molecule has 280 valence electrons. The third-order valence-corrected chi connectivity index (χ3v) is 11.8. The predicted octanol–water partition coefficient (Wildman–Crippen LogP) is 4.36. The molecule has 13 nitrogen and oxygen atoms in total. The first-order chi connectivity index (χ1) is 24.9. The van der Waals surface area contributed by atoms with Gasteiger partial charge in [-0.05, 0) is 60.9 Å². The minimum Gasteiger partial charge on any atom is -0.465 e. The number of hydrogen-bond acceptors (Lipinski definition) is 9. The average molecular weight is 738 g/mol. The Bertz CT molecular complexity index is 1790. The maximum Gasteiger partial charge on any atom is 0.407 e. The largest absolute Gasteiger partial charge is 0.465 e. The fraction of sp³-hybridized carbons (Fsp3) is 0.474. The van der Waals surface area contributed by atoms with Crippen LogP contribution in [0, 0.1) is 11.3 Å². The van der Waals surface area contributed by atoms with E-state index in [1.807, 2.05) is 50.2 Å². The van der Waals surface area contributed by atoms with E-state index < -0.39 is 46.0 Å². The van der Waals surface area contributed by atoms with E-state index in [0.717, 1.165) is 5.56 Å². The van der Waals surface area contributed by atoms with Crippen LogP contribution in [0.1, 0.15) is 49.0 Å². The van der Waals surface area contributed by atoms with Gasteiger partial charge >= 0.3 is 6.09 Å². The molecular weight excluding hydrogens is 690 g/mol. The zero-order chi connectivity index (χ0) is 36.9. The zero-order valence-corrected chi connectivity index (χ0v) is 30.2. The van der Waals surface area contributed by atoms with Crippen LogP contribution in [0.5, 0.6) is 11.5 Å². The summed E-state index contributed by atoms with van der Waals surface area (Å²) in [6, 6.07) is 20.9. The van der Waals surface area contributed by atoms with Gasteiger partial charge in [-0.15, -0.1) is 0 Å². The zero-order valence-electron chi connectivity index (χ0n) is 29.4. The van der Waals surface area contributed by atoms with Crippen LogP contribution in [0.2, 0.25) is 0 Å². The van der Waals surface area contributed by atoms with Crippen LogP contribution in [0.25, 0.3) is 0 Å². The van der Waals surface area contributed by atoms with Gasteiger partial charge in [0.15, 0.2) is 17.8 Å². The highest BCUT2D eigenvalue weighted by Crippen LogP contribution is 2.38. The van der Waals surface area contributed by atoms with Gasteiger partial charge in [0.2, 0.25) is 16.8 Å². The lowest BCUT2D eigenvalue weighted by Crippen LogP contribution is -2.58. The topological polar surface area (TPSA) is 164 Å². The molecule has 3 aromatic rings. The summed E-state index contributed by atoms with van der Waals surface area (Å²) >= 11 is 0. The molecule has 2 fully saturated rings. The van der Waals surface area contributed by atoms with E-state index >= 15 is 0 Å². The number of sulfonamides is 1. The monoisotopic (exact) mass is 737 g/mol. The molecule has 0 bridgehead atoms. The molecule has 3 N–H and O–H groups in total. The molecule has 5 atom stereocenters. The molecule has 3 aliphatic heterocycles. The minimum atomic E-state index is -4.26. The van der Waals surface area contributed by atoms with E-state index in [2.05, 4.69) is 5.32 Å². The summed E-state index contributed by atoms with van der Waals surface area (Å²) < 4.78 is 52.6. The molecule has 52 heavy (non-hydrogen) atoms. The minimum absolute atomic E-state index is 0.00364. The van der Waals surface area contributed by atoms with Crippen LogP contribution in [0.4, 0.5) is 4.79 Å². The molecule has 3 heterocycles. The summed E-state index contributed by atoms with van der Waals surface area (Å²) in [4.78, 5) is 26.9. The van der Waals surface area contributed by atoms with Gasteiger partial charge in [0, 0.05) is 37.2 Å². The molecule has 2 saturated heterocycles. The van der Waals surface area contributed by atoms with Crippen molar-refractivity contribution in [1.29, 1.82) is 0 Å². The summed E-state index contributed by atoms with van der Waals surface area (Å²) in [5.74, 6) is 0.320. The van der Waals surface area contributed by atoms with E-state index in [9.17, 15) is 28.2 Å². The second kappa shape index (κ2) is 16.2. The molecule has 3 aromatic carbocycles. The van der Waals surface area contributed by atoms with Crippen LogP contribution in [0.3, 0.4) is 0 Å². The SMILES string of the molecule is CC(C)(CCCNC(=O)c1ccccc1)CN(C[C@@H](O)[C@H](Cc1ccccc1)N(C(=O)O)[C@H]1CO[C@H]2OCC[C@H]21)S(=O)(=O)c1ccc2c(c1)OCO2. The lowest BCUT2D eigenvalue weighted by Gasteiger charge is -2.40. The van der Waals surface area contributed by atoms with E-state index in [1.54, 1.807) is 24.3 Å². The molecular formula is C38H47N3O10S. The fourth-order valence-electron chi connectivity index (χ4n) is 7.32. The van der Waals surface area contributed by atoms with Crippen molar-refractivity contribution >= 4 is 22.0 Å². The number of hydrogen-bond donors (Lipinski definition) is 3. The van der Waals surface area contributed by atoms with Gasteiger partial charge in [0.25, 0.3) is 5.91 Å². The number of ether oxygens (including phenoxy) is 4. The third-order valence-electron chi connectivity index (χ3n) is 10.0. The quantitative estimate of drug-likeness (QED) is 0.180. The highest BCUT2D eigenvalue weighted by Gasteiger charge is 2.49. The Morgan fingerprint density at radius 1 is 0.981 bits per heavy atom. The normalized spacial score (nSPS) is 20.7. The maximum absolute atomic E-state index is 14.5. The maximum atomic E-state index is 14.5. The van der Waals surface area contributed by atoms with Crippen molar-refractivity contribution in [2.75, 3.05) is 39.6 Å². The van der Waals surface area contributed by atoms with E-state index in [-0.39, 0.29) is 49.6 Å². The Labute approximate surface area is 304 Å². The van der Waals surface area contributed by atoms with Gasteiger partial charge in [-0.1, -0.05) is 62.4 Å². The van der Waals surface area contributed by atoms with Crippen LogP contribution >= 0.6 is 0 Å². The molecule has 2 amide bonds. The number of amides is 2. The first kappa shape index (κ1) is 37.5. The lowest BCUT2D eigenvalue weighted by molar-refractivity contribution is -0.0906. The second-order valence-electron chi connectivity index (χ2n) is 14.3. The number of benzene rings is 3. The van der Waals surface area contributed by atoms with E-state index in [0.29, 0.717) is 49.5 Å². The molecule has 14 heteroatoms. The van der Waals surface area contributed by atoms with E-state index in [1.165, 1.54) is 27.4 Å². The second-order valence-corrected chi connectivity index (χ2v) is 16.2. The van der Waals surface area contributed by atoms with Gasteiger partial charge < -0.3 is 34.5 Å². The van der Waals surface area contributed by atoms with Crippen LogP contribution < -0.4 is 14.8 Å². The predicted molar refractivity (Wildman–Crippen MR) is 191 cm³/mol. The van der Waals surface area contributed by atoms with Crippen LogP contribution in [-0.2, 0) is 25.9 Å². The van der Waals surface area contributed by atoms with Crippen molar-refractivity contribution in [2.24, 2.45) is 11.3 Å². The fourth-order valence-corrected chi connectivity index (χ4v) is 8.98. The highest BCUT2D eigenvalue weighted by atomic mass is 32.2. The van der Waals surface area contributed by atoms with E-state index in [4.69, 9.17) is 18.9 Å². The number of aliphatic hydroxyl groups excluding tert-OH is 1. The van der Waals surface area contributed by atoms with Gasteiger partial charge in [0.1, 0.15) is 0 Å². The Hall–Kier alpha value is -4.21. The molecule has 0 unspecified atom stereocenters. The number of nitrogens with zero attached hydrogens (tertiary/aromatic N) is 2. The number of carbonyl (C=O) groups excluding carboxylic acids is 1. The molecule has 3 aliphatic rings. The Morgan fingerprint density at radius 2 is 1.69 bits per heavy atom. The van der Waals surface area contributed by atoms with Crippen molar-refractivity contribution in [3.8, 4) is 11.5 Å². The standard InChI is InChI=1S/C38H47N3O10S/c1-38(2,17-9-18-39-35(43)27-12-7-4-8-13-27)24-40(52(46,47)28-14-15-33-34(21-28)51-25-50-33)22-32(42)30(20-26-10-5-3-6-11-26)41(37(44)45)31-23-49-36-29(31)16-19-48-36/h3-8,10-15,21,29-32,36,42H,9,16-20,22-25H2,1-2H3,(H,39,43)(H,44,45)/t29-,30-,31-,32+,36+/m0/s1. The summed E-state index contributed by atoms with van der Waals surface area (Å²) in [5.41, 5.74) is 0.728. The first-order valence-electron chi connectivity index (χ1n) is 17.6. The molecule has 0 spiro atoms. The summed E-state index contributed by atoms with van der Waals surface area (Å²) in [7, 11) is -4.26. The van der Waals surface area contributed by atoms with Gasteiger partial charge in [-0.25, -0.2) is 13.2 Å². The molecule has 0 aromatic heterocycles. The van der Waals surface area contributed by atoms with Gasteiger partial charge in [-0.3, -0.25) is 9.69 Å². The number of rotatable bonds is 16. The number of fused-ring (bicyclic) bond motifs is 2. The lowest BCUT2D eigenvalue weighted by atomic mass is 9.87. The number of nitrogens with one attached hydrogen (secondary N) is 1. The van der Waals surface area contributed by atoms with Crippen molar-refractivity contribution in [2.45, 2.75) is 68.9 Å². The summed E-state index contributed by atoms with van der Waals surface area (Å²) in [6.45, 7) is 4.39. The smallest absolute Gasteiger partial charge is 0.407 e. The number of carboxylic acid groups (broad SMARTS) is 1. The Kier molecular flexibility index (Phi) is 11.7. The molecule has 0 aliphatic carbocycles. The summed E-state index contributed by atoms with van der Waals surface area (Å²) in [5, 5.41) is 25.7. The first-order valence-corrected chi connectivity index (χ1v) is 19.1. The van der Waals surface area contributed by atoms with Gasteiger partial charge in [-0.2, -0.15) is 4.31 Å². The van der Waals surface area contributed by atoms with Crippen molar-refractivity contribution in [3.05, 3.63) is 90.0 Å². The van der Waals surface area contributed by atoms with Crippen molar-refractivity contribution in [1.82, 2.24) is 14.5 Å². The average Bonchev–Trinajstić information content (AvgIpc) is 3.89. The highest BCUT2D eigenvalue weighted by molar-refractivity contribution is 7.89. The summed E-state index contributed by atoms with van der Waals surface area (Å²) in [6.07, 6.45) is -1.32. The molecule has 6 rings (SSSR count). The Morgan fingerprint density at radius 3 is 2.42 bits per heavy atom. The number of carbonyl (C=O) groups is 2. The van der Waals surface area contributed by atoms with Crippen LogP contribution in [0.15, 0.2) is 83.8 Å². The molecule has 0 radical (unpaired) electrons. The van der Waals surface area contributed by atoms with Crippen molar-refractivity contribution in [3.63, 3.8) is 0 Å².